The second-order valence-electron chi connectivity index (χ2n) is 7.95. The van der Waals surface area contributed by atoms with Crippen LogP contribution in [-0.4, -0.2) is 59.0 Å². The number of nitrogens with one attached hydrogen (secondary N) is 1. The minimum atomic E-state index is -1.40. The Morgan fingerprint density at radius 3 is 2.77 bits per heavy atom. The van der Waals surface area contributed by atoms with Crippen molar-refractivity contribution in [3.8, 4) is 0 Å². The van der Waals surface area contributed by atoms with Gasteiger partial charge in [-0.3, -0.25) is 4.79 Å². The molecule has 8 heteroatoms. The van der Waals surface area contributed by atoms with E-state index >= 15 is 0 Å². The standard InChI is InChI=1S/C22H28FNO6/c1-13(25)24-9-8-14-6-7-17(30-21-20(28)19(27)18(26)12-29-21)11-22(14,2)15-4-3-5-16(23)10-15/h3-7,10,18-21,26-28H,8-9,11-12H2,1-2H3,(H,24,25)/t18-,19+,20-,21?,22?/m0/s1. The summed E-state index contributed by atoms with van der Waals surface area (Å²) < 4.78 is 25.1. The molecule has 0 spiro atoms. The second kappa shape index (κ2) is 9.26. The minimum absolute atomic E-state index is 0.123. The Hall–Kier alpha value is -2.26. The summed E-state index contributed by atoms with van der Waals surface area (Å²) in [4.78, 5) is 11.2. The number of allylic oxidation sites excluding steroid dienone is 3. The number of carbonyl (C=O) groups excluding carboxylic acids is 1. The van der Waals surface area contributed by atoms with E-state index in [4.69, 9.17) is 9.47 Å². The molecule has 1 saturated heterocycles. The highest BCUT2D eigenvalue weighted by atomic mass is 19.1. The number of halogens is 1. The maximum Gasteiger partial charge on any atom is 0.228 e. The van der Waals surface area contributed by atoms with Gasteiger partial charge in [0, 0.05) is 25.3 Å². The first-order valence-corrected chi connectivity index (χ1v) is 9.94. The van der Waals surface area contributed by atoms with Crippen molar-refractivity contribution in [3.63, 3.8) is 0 Å². The molecule has 3 rings (SSSR count). The maximum atomic E-state index is 14.0. The lowest BCUT2D eigenvalue weighted by Crippen LogP contribution is -2.53. The van der Waals surface area contributed by atoms with Crippen molar-refractivity contribution < 1.29 is 34.0 Å². The Labute approximate surface area is 174 Å². The molecule has 0 bridgehead atoms. The van der Waals surface area contributed by atoms with Crippen molar-refractivity contribution in [2.45, 2.75) is 56.7 Å². The van der Waals surface area contributed by atoms with E-state index in [9.17, 15) is 24.5 Å². The highest BCUT2D eigenvalue weighted by molar-refractivity contribution is 5.72. The zero-order valence-electron chi connectivity index (χ0n) is 17.0. The summed E-state index contributed by atoms with van der Waals surface area (Å²) in [5, 5.41) is 32.4. The summed E-state index contributed by atoms with van der Waals surface area (Å²) >= 11 is 0. The largest absolute Gasteiger partial charge is 0.466 e. The van der Waals surface area contributed by atoms with E-state index in [1.165, 1.54) is 19.1 Å². The van der Waals surface area contributed by atoms with Gasteiger partial charge in [-0.05, 0) is 30.2 Å². The highest BCUT2D eigenvalue weighted by Crippen LogP contribution is 2.43. The summed E-state index contributed by atoms with van der Waals surface area (Å²) in [5.41, 5.74) is 1.14. The lowest BCUT2D eigenvalue weighted by atomic mass is 9.69. The molecule has 7 nitrogen and oxygen atoms in total. The van der Waals surface area contributed by atoms with Gasteiger partial charge < -0.3 is 30.1 Å². The first-order valence-electron chi connectivity index (χ1n) is 9.94. The van der Waals surface area contributed by atoms with Crippen LogP contribution < -0.4 is 5.32 Å². The fourth-order valence-electron chi connectivity index (χ4n) is 3.86. The van der Waals surface area contributed by atoms with E-state index in [2.05, 4.69) is 5.32 Å². The molecule has 1 aromatic carbocycles. The Morgan fingerprint density at radius 2 is 2.07 bits per heavy atom. The Kier molecular flexibility index (Phi) is 6.92. The predicted octanol–water partition coefficient (Wildman–Crippen LogP) is 1.28. The number of hydrogen-bond acceptors (Lipinski definition) is 6. The van der Waals surface area contributed by atoms with Crippen LogP contribution in [0.15, 0.2) is 47.7 Å². The van der Waals surface area contributed by atoms with Crippen LogP contribution in [0.3, 0.4) is 0 Å². The number of rotatable bonds is 6. The molecule has 1 amide bonds. The summed E-state index contributed by atoms with van der Waals surface area (Å²) in [6.45, 7) is 3.71. The van der Waals surface area contributed by atoms with Crippen LogP contribution in [0, 0.1) is 5.82 Å². The van der Waals surface area contributed by atoms with Gasteiger partial charge in [-0.15, -0.1) is 0 Å². The van der Waals surface area contributed by atoms with E-state index in [1.54, 1.807) is 12.1 Å². The smallest absolute Gasteiger partial charge is 0.228 e. The molecule has 0 radical (unpaired) electrons. The molecule has 30 heavy (non-hydrogen) atoms. The first-order chi connectivity index (χ1) is 14.2. The average molecular weight is 421 g/mol. The number of hydrogen-bond donors (Lipinski definition) is 4. The highest BCUT2D eigenvalue weighted by Gasteiger charge is 2.41. The molecule has 2 aliphatic rings. The van der Waals surface area contributed by atoms with Crippen molar-refractivity contribution >= 4 is 5.91 Å². The zero-order valence-corrected chi connectivity index (χ0v) is 17.0. The van der Waals surface area contributed by atoms with Gasteiger partial charge in [0.25, 0.3) is 0 Å². The minimum Gasteiger partial charge on any atom is -0.466 e. The Morgan fingerprint density at radius 1 is 1.30 bits per heavy atom. The van der Waals surface area contributed by atoms with Gasteiger partial charge >= 0.3 is 0 Å². The molecular weight excluding hydrogens is 393 g/mol. The second-order valence-corrected chi connectivity index (χ2v) is 7.95. The monoisotopic (exact) mass is 421 g/mol. The number of carbonyl (C=O) groups is 1. The average Bonchev–Trinajstić information content (AvgIpc) is 2.70. The Bertz CT molecular complexity index is 841. The fourth-order valence-corrected chi connectivity index (χ4v) is 3.86. The normalized spacial score (nSPS) is 31.5. The lowest BCUT2D eigenvalue weighted by Gasteiger charge is -2.39. The first kappa shape index (κ1) is 22.4. The summed E-state index contributed by atoms with van der Waals surface area (Å²) in [6, 6.07) is 6.33. The molecule has 1 aliphatic heterocycles. The molecule has 164 valence electrons. The van der Waals surface area contributed by atoms with Gasteiger partial charge in [-0.1, -0.05) is 30.7 Å². The van der Waals surface area contributed by atoms with Crippen LogP contribution in [0.5, 0.6) is 0 Å². The molecule has 1 heterocycles. The van der Waals surface area contributed by atoms with E-state index in [0.717, 1.165) is 11.1 Å². The van der Waals surface area contributed by atoms with Crippen molar-refractivity contribution in [1.29, 1.82) is 0 Å². The number of aliphatic hydroxyl groups is 3. The van der Waals surface area contributed by atoms with Crippen LogP contribution >= 0.6 is 0 Å². The molecule has 0 aromatic heterocycles. The molecule has 1 fully saturated rings. The van der Waals surface area contributed by atoms with Crippen molar-refractivity contribution in [2.75, 3.05) is 13.2 Å². The molecule has 5 atom stereocenters. The SMILES string of the molecule is CC(=O)NCCC1=CC=C(OC2OC[C@H](O)[C@@H](O)[C@@H]2O)CC1(C)c1cccc(F)c1. The molecule has 2 unspecified atom stereocenters. The fraction of sp³-hybridized carbons (Fsp3) is 0.500. The number of ether oxygens (including phenoxy) is 2. The molecule has 1 aromatic rings. The Balaban J connectivity index is 1.83. The third kappa shape index (κ3) is 4.89. The van der Waals surface area contributed by atoms with E-state index in [-0.39, 0.29) is 18.3 Å². The topological polar surface area (TPSA) is 108 Å². The molecule has 0 saturated carbocycles. The van der Waals surface area contributed by atoms with Crippen LogP contribution in [0.4, 0.5) is 4.39 Å². The molecular formula is C22H28FNO6. The van der Waals surface area contributed by atoms with Crippen LogP contribution in [0.25, 0.3) is 0 Å². The summed E-state index contributed by atoms with van der Waals surface area (Å²) in [5.74, 6) is 0.0235. The lowest BCUT2D eigenvalue weighted by molar-refractivity contribution is -0.259. The predicted molar refractivity (Wildman–Crippen MR) is 107 cm³/mol. The molecule has 4 N–H and O–H groups in total. The van der Waals surface area contributed by atoms with Crippen molar-refractivity contribution in [2.24, 2.45) is 0 Å². The van der Waals surface area contributed by atoms with Gasteiger partial charge in [-0.2, -0.15) is 0 Å². The van der Waals surface area contributed by atoms with E-state index in [1.807, 2.05) is 19.1 Å². The summed E-state index contributed by atoms with van der Waals surface area (Å²) in [6.07, 6.45) is -0.522. The van der Waals surface area contributed by atoms with Gasteiger partial charge in [0.05, 0.1) is 6.61 Å². The zero-order chi connectivity index (χ0) is 21.9. The van der Waals surface area contributed by atoms with Crippen LogP contribution in [-0.2, 0) is 19.7 Å². The van der Waals surface area contributed by atoms with E-state index < -0.39 is 30.0 Å². The number of aliphatic hydroxyl groups excluding tert-OH is 3. The summed E-state index contributed by atoms with van der Waals surface area (Å²) in [7, 11) is 0. The van der Waals surface area contributed by atoms with Gasteiger partial charge in [-0.25, -0.2) is 4.39 Å². The van der Waals surface area contributed by atoms with Crippen molar-refractivity contribution in [1.82, 2.24) is 5.32 Å². The third-order valence-electron chi connectivity index (χ3n) is 5.66. The maximum absolute atomic E-state index is 14.0. The third-order valence-corrected chi connectivity index (χ3v) is 5.66. The quantitative estimate of drug-likeness (QED) is 0.551. The van der Waals surface area contributed by atoms with Gasteiger partial charge in [0.15, 0.2) is 0 Å². The van der Waals surface area contributed by atoms with Crippen LogP contribution in [0.2, 0.25) is 0 Å². The van der Waals surface area contributed by atoms with Gasteiger partial charge in [0.2, 0.25) is 12.2 Å². The number of benzene rings is 1. The van der Waals surface area contributed by atoms with Gasteiger partial charge in [0.1, 0.15) is 29.9 Å². The molecule has 1 aliphatic carbocycles. The number of amides is 1. The van der Waals surface area contributed by atoms with Crippen molar-refractivity contribution in [3.05, 3.63) is 59.1 Å². The van der Waals surface area contributed by atoms with Crippen LogP contribution in [0.1, 0.15) is 32.3 Å². The van der Waals surface area contributed by atoms with E-state index in [0.29, 0.717) is 25.1 Å².